The summed E-state index contributed by atoms with van der Waals surface area (Å²) in [5.74, 6) is 1.13. The van der Waals surface area contributed by atoms with Gasteiger partial charge in [-0.15, -0.1) is 0 Å². The molecule has 0 radical (unpaired) electrons. The van der Waals surface area contributed by atoms with Crippen molar-refractivity contribution in [2.24, 2.45) is 4.99 Å². The summed E-state index contributed by atoms with van der Waals surface area (Å²) < 4.78 is 14.1. The SMILES string of the molecule is COC(=O)C1=C(C)N=c2s/c(=C\c3ccc(-c4ccc(Br)cc4)o3)c(=O)n2C1c1ccc(C(C)C)cc1. The van der Waals surface area contributed by atoms with Gasteiger partial charge in [0, 0.05) is 16.1 Å². The Hall–Kier alpha value is -3.49. The molecule has 0 bridgehead atoms. The molecule has 6 nitrogen and oxygen atoms in total. The number of thiazole rings is 1. The maximum absolute atomic E-state index is 13.7. The van der Waals surface area contributed by atoms with Gasteiger partial charge in [0.2, 0.25) is 0 Å². The lowest BCUT2D eigenvalue weighted by Gasteiger charge is -2.24. The number of ether oxygens (including phenoxy) is 1. The number of hydrogen-bond acceptors (Lipinski definition) is 6. The first-order chi connectivity index (χ1) is 17.8. The summed E-state index contributed by atoms with van der Waals surface area (Å²) in [5, 5.41) is 0. The van der Waals surface area contributed by atoms with Crippen LogP contribution in [0.2, 0.25) is 0 Å². The van der Waals surface area contributed by atoms with Crippen LogP contribution in [0, 0.1) is 0 Å². The van der Waals surface area contributed by atoms with E-state index in [0.717, 1.165) is 15.6 Å². The van der Waals surface area contributed by atoms with Gasteiger partial charge in [-0.3, -0.25) is 9.36 Å². The van der Waals surface area contributed by atoms with E-state index in [-0.39, 0.29) is 5.56 Å². The lowest BCUT2D eigenvalue weighted by Crippen LogP contribution is -2.39. The van der Waals surface area contributed by atoms with Crippen LogP contribution in [0.25, 0.3) is 17.4 Å². The molecule has 0 fully saturated rings. The average molecular weight is 578 g/mol. The number of fused-ring (bicyclic) bond motifs is 1. The van der Waals surface area contributed by atoms with Gasteiger partial charge >= 0.3 is 5.97 Å². The van der Waals surface area contributed by atoms with E-state index in [1.165, 1.54) is 24.0 Å². The standard InChI is InChI=1S/C29H25BrN2O4S/c1-16(2)18-5-7-20(8-6-18)26-25(28(34)35-4)17(3)31-29-32(26)27(33)24(37-29)15-22-13-14-23(36-22)19-9-11-21(30)12-10-19/h5-16,26H,1-4H3/b24-15-. The van der Waals surface area contributed by atoms with Gasteiger partial charge in [-0.1, -0.05) is 77.5 Å². The first kappa shape index (κ1) is 25.2. The van der Waals surface area contributed by atoms with Gasteiger partial charge < -0.3 is 9.15 Å². The molecule has 0 spiro atoms. The first-order valence-corrected chi connectivity index (χ1v) is 13.4. The quantitative estimate of drug-likeness (QED) is 0.292. The third-order valence-electron chi connectivity index (χ3n) is 6.37. The van der Waals surface area contributed by atoms with Crippen LogP contribution in [0.3, 0.4) is 0 Å². The minimum Gasteiger partial charge on any atom is -0.466 e. The highest BCUT2D eigenvalue weighted by Crippen LogP contribution is 2.31. The van der Waals surface area contributed by atoms with Crippen LogP contribution >= 0.6 is 27.3 Å². The molecule has 1 atom stereocenters. The van der Waals surface area contributed by atoms with Crippen molar-refractivity contribution in [1.82, 2.24) is 4.57 Å². The summed E-state index contributed by atoms with van der Waals surface area (Å²) in [6, 6.07) is 18.9. The fourth-order valence-electron chi connectivity index (χ4n) is 4.40. The van der Waals surface area contributed by atoms with Gasteiger partial charge in [0.1, 0.15) is 11.5 Å². The van der Waals surface area contributed by atoms with E-state index in [1.54, 1.807) is 17.6 Å². The lowest BCUT2D eigenvalue weighted by atomic mass is 9.93. The number of aromatic nitrogens is 1. The van der Waals surface area contributed by atoms with Crippen molar-refractivity contribution in [2.45, 2.75) is 32.7 Å². The highest BCUT2D eigenvalue weighted by atomic mass is 79.9. The van der Waals surface area contributed by atoms with Crippen LogP contribution in [-0.2, 0) is 9.53 Å². The molecule has 4 aromatic rings. The molecular formula is C29H25BrN2O4S. The molecule has 0 saturated heterocycles. The Bertz CT molecular complexity index is 1690. The molecule has 0 amide bonds. The summed E-state index contributed by atoms with van der Waals surface area (Å²) >= 11 is 4.71. The fourth-order valence-corrected chi connectivity index (χ4v) is 5.69. The zero-order chi connectivity index (χ0) is 26.3. The molecule has 0 aliphatic carbocycles. The highest BCUT2D eigenvalue weighted by Gasteiger charge is 2.33. The maximum atomic E-state index is 13.7. The van der Waals surface area contributed by atoms with E-state index >= 15 is 0 Å². The van der Waals surface area contributed by atoms with Crippen LogP contribution in [0.4, 0.5) is 0 Å². The van der Waals surface area contributed by atoms with E-state index in [2.05, 4.69) is 34.8 Å². The number of furan rings is 1. The predicted octanol–water partition coefficient (Wildman–Crippen LogP) is 5.55. The van der Waals surface area contributed by atoms with Crippen molar-refractivity contribution in [1.29, 1.82) is 0 Å². The van der Waals surface area contributed by atoms with Crippen LogP contribution in [-0.4, -0.2) is 17.6 Å². The van der Waals surface area contributed by atoms with Gasteiger partial charge in [-0.05, 0) is 48.2 Å². The normalized spacial score (nSPS) is 15.6. The Labute approximate surface area is 226 Å². The van der Waals surface area contributed by atoms with Crippen molar-refractivity contribution in [2.75, 3.05) is 7.11 Å². The van der Waals surface area contributed by atoms with Gasteiger partial charge in [0.25, 0.3) is 5.56 Å². The third kappa shape index (κ3) is 4.79. The number of esters is 1. The smallest absolute Gasteiger partial charge is 0.338 e. The lowest BCUT2D eigenvalue weighted by molar-refractivity contribution is -0.136. The highest BCUT2D eigenvalue weighted by molar-refractivity contribution is 9.10. The molecular weight excluding hydrogens is 552 g/mol. The fraction of sp³-hybridized carbons (Fsp3) is 0.207. The molecule has 1 aliphatic heterocycles. The number of carbonyl (C=O) groups is 1. The zero-order valence-electron chi connectivity index (χ0n) is 20.8. The van der Waals surface area contributed by atoms with Crippen LogP contribution in [0.15, 0.2) is 90.6 Å². The maximum Gasteiger partial charge on any atom is 0.338 e. The predicted molar refractivity (Wildman–Crippen MR) is 148 cm³/mol. The van der Waals surface area contributed by atoms with Crippen molar-refractivity contribution >= 4 is 39.3 Å². The zero-order valence-corrected chi connectivity index (χ0v) is 23.2. The van der Waals surface area contributed by atoms with Gasteiger partial charge in [-0.25, -0.2) is 9.79 Å². The number of hydrogen-bond donors (Lipinski definition) is 0. The van der Waals surface area contributed by atoms with Gasteiger partial charge in [-0.2, -0.15) is 0 Å². The molecule has 5 rings (SSSR count). The molecule has 0 saturated carbocycles. The second-order valence-electron chi connectivity index (χ2n) is 9.10. The van der Waals surface area contributed by atoms with Crippen LogP contribution < -0.4 is 14.9 Å². The third-order valence-corrected chi connectivity index (χ3v) is 7.89. The Balaban J connectivity index is 1.63. The Morgan fingerprint density at radius 2 is 1.81 bits per heavy atom. The summed E-state index contributed by atoms with van der Waals surface area (Å²) in [5.41, 5.74) is 3.59. The summed E-state index contributed by atoms with van der Waals surface area (Å²) in [6.45, 7) is 6.02. The number of rotatable bonds is 5. The van der Waals surface area contributed by atoms with Crippen LogP contribution in [0.5, 0.6) is 0 Å². The largest absolute Gasteiger partial charge is 0.466 e. The van der Waals surface area contributed by atoms with E-state index < -0.39 is 12.0 Å². The second-order valence-corrected chi connectivity index (χ2v) is 11.0. The molecule has 2 aromatic heterocycles. The minimum atomic E-state index is -0.637. The minimum absolute atomic E-state index is 0.239. The van der Waals surface area contributed by atoms with Crippen molar-refractivity contribution in [3.63, 3.8) is 0 Å². The summed E-state index contributed by atoms with van der Waals surface area (Å²) in [4.78, 5) is 31.7. The van der Waals surface area contributed by atoms with E-state index in [4.69, 9.17) is 9.15 Å². The van der Waals surface area contributed by atoms with Crippen molar-refractivity contribution < 1.29 is 13.9 Å². The molecule has 37 heavy (non-hydrogen) atoms. The summed E-state index contributed by atoms with van der Waals surface area (Å²) in [7, 11) is 1.34. The number of nitrogens with zero attached hydrogens (tertiary/aromatic N) is 2. The van der Waals surface area contributed by atoms with Gasteiger partial charge in [0.05, 0.1) is 29.0 Å². The summed E-state index contributed by atoms with van der Waals surface area (Å²) in [6.07, 6.45) is 1.72. The molecule has 1 unspecified atom stereocenters. The van der Waals surface area contributed by atoms with Crippen molar-refractivity contribution in [3.05, 3.63) is 113 Å². The Morgan fingerprint density at radius 1 is 1.11 bits per heavy atom. The number of methoxy groups -OCH3 is 1. The first-order valence-electron chi connectivity index (χ1n) is 11.8. The average Bonchev–Trinajstić information content (AvgIpc) is 3.47. The van der Waals surface area contributed by atoms with Gasteiger partial charge in [0.15, 0.2) is 4.80 Å². The molecule has 0 N–H and O–H groups in total. The van der Waals surface area contributed by atoms with E-state index in [9.17, 15) is 9.59 Å². The number of halogens is 1. The molecule has 2 aromatic carbocycles. The number of allylic oxidation sites excluding steroid dienone is 1. The Morgan fingerprint density at radius 3 is 2.46 bits per heavy atom. The van der Waals surface area contributed by atoms with E-state index in [0.29, 0.717) is 38.0 Å². The van der Waals surface area contributed by atoms with Crippen LogP contribution in [0.1, 0.15) is 49.6 Å². The number of benzene rings is 2. The Kier molecular flexibility index (Phi) is 6.88. The van der Waals surface area contributed by atoms with Crippen molar-refractivity contribution in [3.8, 4) is 11.3 Å². The topological polar surface area (TPSA) is 73.8 Å². The molecule has 188 valence electrons. The molecule has 3 heterocycles. The van der Waals surface area contributed by atoms with E-state index in [1.807, 2.05) is 60.7 Å². The second kappa shape index (κ2) is 10.1. The monoisotopic (exact) mass is 576 g/mol. The molecule has 8 heteroatoms. The molecule has 1 aliphatic rings. The number of carbonyl (C=O) groups excluding carboxylic acids is 1.